The molecule has 0 radical (unpaired) electrons. The Morgan fingerprint density at radius 2 is 2.09 bits per heavy atom. The Kier molecular flexibility index (Phi) is 3.83. The largest absolute Gasteiger partial charge is 0.379 e. The monoisotopic (exact) mass is 158 g/mol. The summed E-state index contributed by atoms with van der Waals surface area (Å²) < 4.78 is 5.24. The van der Waals surface area contributed by atoms with Crippen LogP contribution in [-0.4, -0.2) is 44.3 Å². The van der Waals surface area contributed by atoms with Crippen molar-refractivity contribution in [1.29, 1.82) is 0 Å². The van der Waals surface area contributed by atoms with E-state index >= 15 is 0 Å². The van der Waals surface area contributed by atoms with E-state index in [0.29, 0.717) is 5.92 Å². The maximum absolute atomic E-state index is 5.53. The van der Waals surface area contributed by atoms with Crippen LogP contribution in [0.15, 0.2) is 0 Å². The number of hydrogen-bond donors (Lipinski definition) is 1. The molecule has 3 nitrogen and oxygen atoms in total. The van der Waals surface area contributed by atoms with E-state index in [0.717, 1.165) is 39.4 Å². The first-order valence-corrected chi connectivity index (χ1v) is 4.33. The molecular weight excluding hydrogens is 140 g/mol. The average Bonchev–Trinajstić information content (AvgIpc) is 2.06. The van der Waals surface area contributed by atoms with E-state index in [1.807, 2.05) is 0 Å². The molecule has 1 aliphatic rings. The van der Waals surface area contributed by atoms with E-state index in [1.165, 1.54) is 0 Å². The molecule has 1 unspecified atom stereocenters. The zero-order valence-electron chi connectivity index (χ0n) is 7.25. The first kappa shape index (κ1) is 8.97. The first-order valence-electron chi connectivity index (χ1n) is 4.33. The Balaban J connectivity index is 2.13. The van der Waals surface area contributed by atoms with Crippen LogP contribution in [0.25, 0.3) is 0 Å². The summed E-state index contributed by atoms with van der Waals surface area (Å²) >= 11 is 0. The summed E-state index contributed by atoms with van der Waals surface area (Å²) in [5, 5.41) is 0. The van der Waals surface area contributed by atoms with E-state index in [4.69, 9.17) is 10.5 Å². The molecule has 0 saturated carbocycles. The smallest absolute Gasteiger partial charge is 0.0594 e. The molecule has 0 amide bonds. The molecule has 1 fully saturated rings. The van der Waals surface area contributed by atoms with E-state index < -0.39 is 0 Å². The van der Waals surface area contributed by atoms with Gasteiger partial charge in [-0.15, -0.1) is 0 Å². The van der Waals surface area contributed by atoms with Crippen molar-refractivity contribution < 1.29 is 4.74 Å². The van der Waals surface area contributed by atoms with Gasteiger partial charge in [-0.25, -0.2) is 0 Å². The Labute approximate surface area is 68.5 Å². The predicted octanol–water partition coefficient (Wildman–Crippen LogP) is -0.0866. The summed E-state index contributed by atoms with van der Waals surface area (Å²) in [7, 11) is 0. The van der Waals surface area contributed by atoms with Gasteiger partial charge >= 0.3 is 0 Å². The third-order valence-electron chi connectivity index (χ3n) is 2.08. The van der Waals surface area contributed by atoms with E-state index in [9.17, 15) is 0 Å². The Morgan fingerprint density at radius 3 is 2.64 bits per heavy atom. The highest BCUT2D eigenvalue weighted by molar-refractivity contribution is 4.65. The van der Waals surface area contributed by atoms with E-state index in [1.54, 1.807) is 0 Å². The third-order valence-corrected chi connectivity index (χ3v) is 2.08. The van der Waals surface area contributed by atoms with Gasteiger partial charge in [-0.3, -0.25) is 4.90 Å². The normalized spacial score (nSPS) is 23.5. The Hall–Kier alpha value is -0.120. The average molecular weight is 158 g/mol. The molecule has 0 bridgehead atoms. The lowest BCUT2D eigenvalue weighted by Gasteiger charge is -2.28. The van der Waals surface area contributed by atoms with Gasteiger partial charge in [0, 0.05) is 19.6 Å². The second kappa shape index (κ2) is 4.70. The molecule has 66 valence electrons. The van der Waals surface area contributed by atoms with Crippen molar-refractivity contribution in [2.45, 2.75) is 6.92 Å². The molecule has 1 aliphatic heterocycles. The van der Waals surface area contributed by atoms with Crippen LogP contribution in [0, 0.1) is 5.92 Å². The lowest BCUT2D eigenvalue weighted by molar-refractivity contribution is 0.0323. The molecule has 11 heavy (non-hydrogen) atoms. The quantitative estimate of drug-likeness (QED) is 0.624. The fourth-order valence-electron chi connectivity index (χ4n) is 1.30. The van der Waals surface area contributed by atoms with Crippen LogP contribution in [0.3, 0.4) is 0 Å². The second-order valence-electron chi connectivity index (χ2n) is 3.25. The highest BCUT2D eigenvalue weighted by atomic mass is 16.5. The minimum atomic E-state index is 0.619. The molecule has 0 aromatic rings. The van der Waals surface area contributed by atoms with Crippen molar-refractivity contribution in [3.63, 3.8) is 0 Å². The number of nitrogens with two attached hydrogens (primary N) is 1. The zero-order chi connectivity index (χ0) is 8.10. The van der Waals surface area contributed by atoms with Crippen LogP contribution >= 0.6 is 0 Å². The molecule has 1 rings (SSSR count). The minimum absolute atomic E-state index is 0.619. The number of hydrogen-bond acceptors (Lipinski definition) is 3. The summed E-state index contributed by atoms with van der Waals surface area (Å²) in [5.41, 5.74) is 5.53. The molecule has 1 heterocycles. The van der Waals surface area contributed by atoms with Crippen LogP contribution in [0.5, 0.6) is 0 Å². The summed E-state index contributed by atoms with van der Waals surface area (Å²) in [4.78, 5) is 2.42. The summed E-state index contributed by atoms with van der Waals surface area (Å²) in [6.45, 7) is 8.02. The SMILES string of the molecule is CC(CN)CN1CCOCC1. The van der Waals surface area contributed by atoms with Crippen molar-refractivity contribution >= 4 is 0 Å². The topological polar surface area (TPSA) is 38.5 Å². The number of rotatable bonds is 3. The molecule has 0 aromatic carbocycles. The first-order chi connectivity index (χ1) is 5.33. The van der Waals surface area contributed by atoms with Crippen LogP contribution in [0.1, 0.15) is 6.92 Å². The van der Waals surface area contributed by atoms with Gasteiger partial charge in [-0.2, -0.15) is 0 Å². The molecule has 0 aromatic heterocycles. The predicted molar refractivity (Wildman–Crippen MR) is 45.5 cm³/mol. The molecular formula is C8H18N2O. The fourth-order valence-corrected chi connectivity index (χ4v) is 1.30. The Bertz CT molecular complexity index is 102. The zero-order valence-corrected chi connectivity index (χ0v) is 7.25. The van der Waals surface area contributed by atoms with Crippen LogP contribution in [0.2, 0.25) is 0 Å². The van der Waals surface area contributed by atoms with E-state index in [2.05, 4.69) is 11.8 Å². The molecule has 2 N–H and O–H groups in total. The third kappa shape index (κ3) is 3.18. The molecule has 0 spiro atoms. The number of nitrogens with zero attached hydrogens (tertiary/aromatic N) is 1. The van der Waals surface area contributed by atoms with Crippen molar-refractivity contribution in [3.8, 4) is 0 Å². The van der Waals surface area contributed by atoms with Gasteiger partial charge in [0.25, 0.3) is 0 Å². The lowest BCUT2D eigenvalue weighted by atomic mass is 10.1. The van der Waals surface area contributed by atoms with Gasteiger partial charge in [0.15, 0.2) is 0 Å². The molecule has 0 aliphatic carbocycles. The maximum atomic E-state index is 5.53. The van der Waals surface area contributed by atoms with Gasteiger partial charge in [0.1, 0.15) is 0 Å². The Morgan fingerprint density at radius 1 is 1.45 bits per heavy atom. The van der Waals surface area contributed by atoms with Crippen LogP contribution < -0.4 is 5.73 Å². The van der Waals surface area contributed by atoms with Crippen LogP contribution in [0.4, 0.5) is 0 Å². The van der Waals surface area contributed by atoms with Crippen LogP contribution in [-0.2, 0) is 4.74 Å². The maximum Gasteiger partial charge on any atom is 0.0594 e. The standard InChI is InChI=1S/C8H18N2O/c1-8(6-9)7-10-2-4-11-5-3-10/h8H,2-7,9H2,1H3. The van der Waals surface area contributed by atoms with E-state index in [-0.39, 0.29) is 0 Å². The van der Waals surface area contributed by atoms with Crippen molar-refractivity contribution in [3.05, 3.63) is 0 Å². The second-order valence-corrected chi connectivity index (χ2v) is 3.25. The fraction of sp³-hybridized carbons (Fsp3) is 1.00. The van der Waals surface area contributed by atoms with Crippen molar-refractivity contribution in [2.75, 3.05) is 39.4 Å². The summed E-state index contributed by atoms with van der Waals surface area (Å²) in [5.74, 6) is 0.619. The molecule has 1 atom stereocenters. The van der Waals surface area contributed by atoms with Gasteiger partial charge < -0.3 is 10.5 Å². The lowest BCUT2D eigenvalue weighted by Crippen LogP contribution is -2.40. The van der Waals surface area contributed by atoms with Gasteiger partial charge in [-0.05, 0) is 12.5 Å². The summed E-state index contributed by atoms with van der Waals surface area (Å²) in [6, 6.07) is 0. The summed E-state index contributed by atoms with van der Waals surface area (Å²) in [6.07, 6.45) is 0. The van der Waals surface area contributed by atoms with Gasteiger partial charge in [0.2, 0.25) is 0 Å². The highest BCUT2D eigenvalue weighted by Gasteiger charge is 2.11. The molecule has 1 saturated heterocycles. The minimum Gasteiger partial charge on any atom is -0.379 e. The highest BCUT2D eigenvalue weighted by Crippen LogP contribution is 2.01. The molecule has 3 heteroatoms. The van der Waals surface area contributed by atoms with Gasteiger partial charge in [0.05, 0.1) is 13.2 Å². The van der Waals surface area contributed by atoms with Crippen molar-refractivity contribution in [2.24, 2.45) is 11.7 Å². The van der Waals surface area contributed by atoms with Gasteiger partial charge in [-0.1, -0.05) is 6.92 Å². The number of morpholine rings is 1. The number of ether oxygens (including phenoxy) is 1. The van der Waals surface area contributed by atoms with Crippen molar-refractivity contribution in [1.82, 2.24) is 4.90 Å².